The Morgan fingerprint density at radius 2 is 1.57 bits per heavy atom. The highest BCUT2D eigenvalue weighted by atomic mass is 15.1. The predicted octanol–water partition coefficient (Wildman–Crippen LogP) is 6.51. The molecule has 1 saturated carbocycles. The molecule has 1 aliphatic rings. The van der Waals surface area contributed by atoms with Crippen molar-refractivity contribution in [3.63, 3.8) is 0 Å². The second-order valence-corrected chi connectivity index (χ2v) is 7.57. The van der Waals surface area contributed by atoms with Crippen molar-refractivity contribution in [1.29, 1.82) is 0 Å². The van der Waals surface area contributed by atoms with Crippen molar-refractivity contribution >= 4 is 10.9 Å². The molecule has 0 radical (unpaired) electrons. The van der Waals surface area contributed by atoms with E-state index in [2.05, 4.69) is 42.2 Å². The van der Waals surface area contributed by atoms with Crippen LogP contribution in [0.2, 0.25) is 0 Å². The molecule has 0 amide bonds. The highest BCUT2D eigenvalue weighted by molar-refractivity contribution is 5.81. The standard InChI is InChI=1S/C21H32N2/c1-16(18-11-9-7-5-3-4-6-8-10-12-18)19-13-14-21-20(15-19)17(2)22-23-21/h13-16,18H,3-12H2,1-2H3,(H,22,23). The van der Waals surface area contributed by atoms with Crippen LogP contribution in [0.4, 0.5) is 0 Å². The lowest BCUT2D eigenvalue weighted by atomic mass is 9.80. The summed E-state index contributed by atoms with van der Waals surface area (Å²) in [7, 11) is 0. The van der Waals surface area contributed by atoms with Crippen LogP contribution in [-0.4, -0.2) is 10.2 Å². The van der Waals surface area contributed by atoms with Gasteiger partial charge in [0.15, 0.2) is 0 Å². The first-order chi connectivity index (χ1) is 11.3. The highest BCUT2D eigenvalue weighted by Crippen LogP contribution is 2.34. The normalized spacial score (nSPS) is 20.3. The summed E-state index contributed by atoms with van der Waals surface area (Å²) < 4.78 is 0. The van der Waals surface area contributed by atoms with Crippen LogP contribution in [0.3, 0.4) is 0 Å². The molecule has 0 spiro atoms. The first-order valence-corrected chi connectivity index (χ1v) is 9.70. The minimum absolute atomic E-state index is 0.662. The van der Waals surface area contributed by atoms with Gasteiger partial charge in [0.1, 0.15) is 0 Å². The predicted molar refractivity (Wildman–Crippen MR) is 98.9 cm³/mol. The highest BCUT2D eigenvalue weighted by Gasteiger charge is 2.19. The Morgan fingerprint density at radius 3 is 2.22 bits per heavy atom. The summed E-state index contributed by atoms with van der Waals surface area (Å²) in [6, 6.07) is 6.91. The average molecular weight is 313 g/mol. The SMILES string of the molecule is Cc1n[nH]c2ccc(C(C)C3CCCCCCCCCC3)cc12. The van der Waals surface area contributed by atoms with E-state index in [0.29, 0.717) is 5.92 Å². The molecule has 1 unspecified atom stereocenters. The van der Waals surface area contributed by atoms with Crippen LogP contribution >= 0.6 is 0 Å². The topological polar surface area (TPSA) is 28.7 Å². The molecule has 1 atom stereocenters. The van der Waals surface area contributed by atoms with Crippen molar-refractivity contribution in [3.8, 4) is 0 Å². The van der Waals surface area contributed by atoms with E-state index >= 15 is 0 Å². The second kappa shape index (κ2) is 7.99. The molecule has 2 aromatic rings. The molecule has 1 aliphatic carbocycles. The summed E-state index contributed by atoms with van der Waals surface area (Å²) >= 11 is 0. The quantitative estimate of drug-likeness (QED) is 0.673. The molecule has 0 bridgehead atoms. The molecular weight excluding hydrogens is 280 g/mol. The van der Waals surface area contributed by atoms with E-state index in [1.165, 1.54) is 80.7 Å². The van der Waals surface area contributed by atoms with Crippen molar-refractivity contribution in [2.75, 3.05) is 0 Å². The lowest BCUT2D eigenvalue weighted by Gasteiger charge is -2.24. The molecule has 0 aliphatic heterocycles. The molecule has 1 aromatic carbocycles. The Balaban J connectivity index is 1.74. The number of nitrogens with one attached hydrogen (secondary N) is 1. The zero-order valence-electron chi connectivity index (χ0n) is 14.9. The minimum atomic E-state index is 0.662. The van der Waals surface area contributed by atoms with Gasteiger partial charge in [-0.3, -0.25) is 5.10 Å². The fraction of sp³-hybridized carbons (Fsp3) is 0.667. The lowest BCUT2D eigenvalue weighted by Crippen LogP contribution is -2.10. The van der Waals surface area contributed by atoms with E-state index in [4.69, 9.17) is 0 Å². The maximum atomic E-state index is 4.34. The van der Waals surface area contributed by atoms with Gasteiger partial charge in [0.05, 0.1) is 11.2 Å². The van der Waals surface area contributed by atoms with Crippen LogP contribution in [0.5, 0.6) is 0 Å². The van der Waals surface area contributed by atoms with Gasteiger partial charge in [0, 0.05) is 5.39 Å². The van der Waals surface area contributed by atoms with E-state index < -0.39 is 0 Å². The van der Waals surface area contributed by atoms with Gasteiger partial charge < -0.3 is 0 Å². The molecule has 1 heterocycles. The molecular formula is C21H32N2. The number of rotatable bonds is 2. The number of hydrogen-bond acceptors (Lipinski definition) is 1. The monoisotopic (exact) mass is 312 g/mol. The van der Waals surface area contributed by atoms with Gasteiger partial charge in [-0.25, -0.2) is 0 Å². The number of aromatic amines is 1. The molecule has 23 heavy (non-hydrogen) atoms. The van der Waals surface area contributed by atoms with Crippen LogP contribution in [0, 0.1) is 12.8 Å². The van der Waals surface area contributed by atoms with Crippen LogP contribution in [0.25, 0.3) is 10.9 Å². The van der Waals surface area contributed by atoms with Crippen LogP contribution in [0.1, 0.15) is 88.3 Å². The van der Waals surface area contributed by atoms with E-state index in [-0.39, 0.29) is 0 Å². The van der Waals surface area contributed by atoms with Gasteiger partial charge in [0.25, 0.3) is 0 Å². The summed E-state index contributed by atoms with van der Waals surface area (Å²) in [4.78, 5) is 0. The third-order valence-electron chi connectivity index (χ3n) is 5.91. The van der Waals surface area contributed by atoms with E-state index in [1.54, 1.807) is 0 Å². The fourth-order valence-electron chi connectivity index (χ4n) is 4.24. The third kappa shape index (κ3) is 4.16. The number of hydrogen-bond donors (Lipinski definition) is 1. The van der Waals surface area contributed by atoms with Gasteiger partial charge in [0.2, 0.25) is 0 Å². The molecule has 1 N–H and O–H groups in total. The van der Waals surface area contributed by atoms with Gasteiger partial charge in [-0.1, -0.05) is 64.4 Å². The van der Waals surface area contributed by atoms with Crippen molar-refractivity contribution in [3.05, 3.63) is 29.5 Å². The number of nitrogens with zero attached hydrogens (tertiary/aromatic N) is 1. The summed E-state index contributed by atoms with van der Waals surface area (Å²) in [6.07, 6.45) is 14.3. The summed E-state index contributed by atoms with van der Waals surface area (Å²) in [5.74, 6) is 1.51. The summed E-state index contributed by atoms with van der Waals surface area (Å²) in [5, 5.41) is 8.77. The van der Waals surface area contributed by atoms with Gasteiger partial charge in [-0.2, -0.15) is 5.10 Å². The minimum Gasteiger partial charge on any atom is -0.278 e. The van der Waals surface area contributed by atoms with Crippen LogP contribution < -0.4 is 0 Å². The second-order valence-electron chi connectivity index (χ2n) is 7.57. The lowest BCUT2D eigenvalue weighted by molar-refractivity contribution is 0.361. The summed E-state index contributed by atoms with van der Waals surface area (Å²) in [6.45, 7) is 4.54. The Kier molecular flexibility index (Phi) is 5.75. The maximum absolute atomic E-state index is 4.34. The Labute approximate surface area is 141 Å². The molecule has 0 saturated heterocycles. The Bertz CT molecular complexity index is 601. The van der Waals surface area contributed by atoms with Gasteiger partial charge in [-0.15, -0.1) is 0 Å². The Hall–Kier alpha value is -1.31. The van der Waals surface area contributed by atoms with E-state index in [0.717, 1.165) is 11.6 Å². The summed E-state index contributed by atoms with van der Waals surface area (Å²) in [5.41, 5.74) is 3.79. The molecule has 126 valence electrons. The van der Waals surface area contributed by atoms with Crippen molar-refractivity contribution in [2.24, 2.45) is 5.92 Å². The molecule has 1 aromatic heterocycles. The number of aromatic nitrogens is 2. The number of H-pyrrole nitrogens is 1. The largest absolute Gasteiger partial charge is 0.278 e. The maximum Gasteiger partial charge on any atom is 0.0670 e. The molecule has 2 heteroatoms. The van der Waals surface area contributed by atoms with Crippen molar-refractivity contribution in [1.82, 2.24) is 10.2 Å². The zero-order valence-corrected chi connectivity index (χ0v) is 14.9. The zero-order chi connectivity index (χ0) is 16.1. The molecule has 2 nitrogen and oxygen atoms in total. The van der Waals surface area contributed by atoms with E-state index in [9.17, 15) is 0 Å². The third-order valence-corrected chi connectivity index (χ3v) is 5.91. The number of aryl methyl sites for hydroxylation is 1. The van der Waals surface area contributed by atoms with E-state index in [1.807, 2.05) is 0 Å². The van der Waals surface area contributed by atoms with Gasteiger partial charge in [-0.05, 0) is 49.3 Å². The Morgan fingerprint density at radius 1 is 0.957 bits per heavy atom. The number of fused-ring (bicyclic) bond motifs is 1. The molecule has 1 fully saturated rings. The first-order valence-electron chi connectivity index (χ1n) is 9.70. The van der Waals surface area contributed by atoms with Crippen molar-refractivity contribution < 1.29 is 0 Å². The first kappa shape index (κ1) is 16.5. The smallest absolute Gasteiger partial charge is 0.0670 e. The van der Waals surface area contributed by atoms with Gasteiger partial charge >= 0.3 is 0 Å². The molecule has 3 rings (SSSR count). The van der Waals surface area contributed by atoms with Crippen molar-refractivity contribution in [2.45, 2.75) is 84.0 Å². The average Bonchev–Trinajstić information content (AvgIpc) is 2.91. The number of benzene rings is 1. The fourth-order valence-corrected chi connectivity index (χ4v) is 4.24. The van der Waals surface area contributed by atoms with Crippen LogP contribution in [0.15, 0.2) is 18.2 Å². The van der Waals surface area contributed by atoms with Crippen LogP contribution in [-0.2, 0) is 0 Å².